The minimum absolute atomic E-state index is 0.322. The van der Waals surface area contributed by atoms with E-state index in [9.17, 15) is 5.11 Å². The van der Waals surface area contributed by atoms with Crippen LogP contribution < -0.4 is 4.90 Å². The van der Waals surface area contributed by atoms with E-state index in [2.05, 4.69) is 34.1 Å². The minimum atomic E-state index is -0.322. The van der Waals surface area contributed by atoms with Crippen LogP contribution in [0.1, 0.15) is 0 Å². The summed E-state index contributed by atoms with van der Waals surface area (Å²) in [5.74, 6) is 0.694. The van der Waals surface area contributed by atoms with Crippen molar-refractivity contribution in [1.82, 2.24) is 4.90 Å². The smallest absolute Gasteiger partial charge is 0.0760 e. The number of hydrogen-bond acceptors (Lipinski definition) is 4. The van der Waals surface area contributed by atoms with Gasteiger partial charge in [0.2, 0.25) is 0 Å². The molecule has 1 heterocycles. The zero-order valence-corrected chi connectivity index (χ0v) is 15.2. The quantitative estimate of drug-likeness (QED) is 0.794. The van der Waals surface area contributed by atoms with E-state index in [0.29, 0.717) is 5.75 Å². The number of piperazine rings is 1. The van der Waals surface area contributed by atoms with Gasteiger partial charge < -0.3 is 10.0 Å². The van der Waals surface area contributed by atoms with Crippen LogP contribution in [0.5, 0.6) is 0 Å². The number of nitrogens with zero attached hydrogens (tertiary/aromatic N) is 2. The van der Waals surface area contributed by atoms with E-state index in [1.165, 1.54) is 5.69 Å². The lowest BCUT2D eigenvalue weighted by molar-refractivity contribution is 0.126. The molecule has 1 aliphatic rings. The minimum Gasteiger partial charge on any atom is -0.391 e. The number of para-hydroxylation sites is 1. The first-order valence-corrected chi connectivity index (χ1v) is 9.66. The highest BCUT2D eigenvalue weighted by Gasteiger charge is 2.19. The van der Waals surface area contributed by atoms with E-state index < -0.39 is 0 Å². The Kier molecular flexibility index (Phi) is 6.44. The van der Waals surface area contributed by atoms with Crippen LogP contribution in [0.4, 0.5) is 5.69 Å². The van der Waals surface area contributed by atoms with E-state index in [1.807, 2.05) is 30.3 Å². The van der Waals surface area contributed by atoms with Gasteiger partial charge in [0.05, 0.1) is 6.10 Å². The molecule has 0 spiro atoms. The van der Waals surface area contributed by atoms with Crippen LogP contribution in [-0.2, 0) is 0 Å². The molecule has 2 aromatic rings. The normalized spacial score (nSPS) is 17.0. The fourth-order valence-electron chi connectivity index (χ4n) is 2.93. The average Bonchev–Trinajstić information content (AvgIpc) is 2.61. The summed E-state index contributed by atoms with van der Waals surface area (Å²) >= 11 is 7.65. The molecule has 0 bridgehead atoms. The van der Waals surface area contributed by atoms with Gasteiger partial charge in [-0.3, -0.25) is 4.90 Å². The second-order valence-electron chi connectivity index (χ2n) is 6.05. The van der Waals surface area contributed by atoms with Crippen molar-refractivity contribution in [2.75, 3.05) is 43.4 Å². The number of rotatable bonds is 6. The summed E-state index contributed by atoms with van der Waals surface area (Å²) < 4.78 is 0. The van der Waals surface area contributed by atoms with Crippen molar-refractivity contribution < 1.29 is 5.11 Å². The Bertz CT molecular complexity index is 632. The first-order chi connectivity index (χ1) is 11.7. The van der Waals surface area contributed by atoms with Gasteiger partial charge in [0.1, 0.15) is 0 Å². The number of benzene rings is 2. The topological polar surface area (TPSA) is 26.7 Å². The molecular formula is C19H23ClN2OS. The molecule has 1 aliphatic heterocycles. The lowest BCUT2D eigenvalue weighted by Gasteiger charge is -2.36. The molecule has 24 heavy (non-hydrogen) atoms. The number of hydrogen-bond donors (Lipinski definition) is 1. The summed E-state index contributed by atoms with van der Waals surface area (Å²) in [6.45, 7) is 4.74. The van der Waals surface area contributed by atoms with Crippen molar-refractivity contribution in [3.8, 4) is 0 Å². The third-order valence-corrected chi connectivity index (χ3v) is 5.57. The highest BCUT2D eigenvalue weighted by atomic mass is 35.5. The van der Waals surface area contributed by atoms with Gasteiger partial charge in [0, 0.05) is 54.1 Å². The van der Waals surface area contributed by atoms with Crippen molar-refractivity contribution in [3.63, 3.8) is 0 Å². The molecule has 1 saturated heterocycles. The molecule has 0 saturated carbocycles. The third kappa shape index (κ3) is 5.15. The Morgan fingerprint density at radius 2 is 1.75 bits per heavy atom. The molecule has 1 N–H and O–H groups in total. The first-order valence-electron chi connectivity index (χ1n) is 8.29. The van der Waals surface area contributed by atoms with Gasteiger partial charge in [-0.15, -0.1) is 11.8 Å². The predicted molar refractivity (Wildman–Crippen MR) is 103 cm³/mol. The Morgan fingerprint density at radius 1 is 1.00 bits per heavy atom. The number of β-amino-alcohol motifs (C(OH)–C–C–N with tert-alkyl or cyclic N) is 1. The summed E-state index contributed by atoms with van der Waals surface area (Å²) in [5, 5.41) is 11.0. The van der Waals surface area contributed by atoms with Crippen LogP contribution in [0.3, 0.4) is 0 Å². The van der Waals surface area contributed by atoms with Crippen molar-refractivity contribution >= 4 is 29.1 Å². The van der Waals surface area contributed by atoms with E-state index in [-0.39, 0.29) is 6.10 Å². The van der Waals surface area contributed by atoms with Crippen LogP contribution in [0.25, 0.3) is 0 Å². The van der Waals surface area contributed by atoms with Crippen LogP contribution in [0, 0.1) is 0 Å². The molecule has 2 aromatic carbocycles. The summed E-state index contributed by atoms with van der Waals surface area (Å²) in [4.78, 5) is 5.86. The molecule has 3 nitrogen and oxygen atoms in total. The second-order valence-corrected chi connectivity index (χ2v) is 7.58. The second kappa shape index (κ2) is 8.77. The molecule has 1 atom stereocenters. The first kappa shape index (κ1) is 17.6. The Labute approximate surface area is 153 Å². The van der Waals surface area contributed by atoms with E-state index in [1.54, 1.807) is 11.8 Å². The summed E-state index contributed by atoms with van der Waals surface area (Å²) in [6.07, 6.45) is -0.322. The van der Waals surface area contributed by atoms with E-state index in [4.69, 9.17) is 11.6 Å². The SMILES string of the molecule is O[C@H](CSc1cccc(Cl)c1)CN1CCN(c2ccccc2)CC1. The Hall–Kier alpha value is -1.20. The molecule has 0 aliphatic carbocycles. The van der Waals surface area contributed by atoms with Crippen LogP contribution >= 0.6 is 23.4 Å². The molecule has 128 valence electrons. The maximum absolute atomic E-state index is 10.3. The zero-order chi connectivity index (χ0) is 16.8. The highest BCUT2D eigenvalue weighted by Crippen LogP contribution is 2.22. The number of aliphatic hydroxyl groups excluding tert-OH is 1. The molecule has 0 amide bonds. The number of thioether (sulfide) groups is 1. The zero-order valence-electron chi connectivity index (χ0n) is 13.6. The van der Waals surface area contributed by atoms with Crippen molar-refractivity contribution in [3.05, 3.63) is 59.6 Å². The van der Waals surface area contributed by atoms with Crippen LogP contribution in [0.2, 0.25) is 5.02 Å². The van der Waals surface area contributed by atoms with Crippen LogP contribution in [0.15, 0.2) is 59.5 Å². The van der Waals surface area contributed by atoms with Gasteiger partial charge in [0.25, 0.3) is 0 Å². The Morgan fingerprint density at radius 3 is 2.46 bits per heavy atom. The van der Waals surface area contributed by atoms with Gasteiger partial charge in [-0.05, 0) is 30.3 Å². The average molecular weight is 363 g/mol. The molecular weight excluding hydrogens is 340 g/mol. The van der Waals surface area contributed by atoms with E-state index >= 15 is 0 Å². The predicted octanol–water partition coefficient (Wildman–Crippen LogP) is 3.62. The fourth-order valence-corrected chi connectivity index (χ4v) is 4.06. The molecule has 0 aromatic heterocycles. The molecule has 3 rings (SSSR count). The monoisotopic (exact) mass is 362 g/mol. The largest absolute Gasteiger partial charge is 0.391 e. The number of anilines is 1. The highest BCUT2D eigenvalue weighted by molar-refractivity contribution is 7.99. The van der Waals surface area contributed by atoms with Gasteiger partial charge in [-0.25, -0.2) is 0 Å². The lowest BCUT2D eigenvalue weighted by Crippen LogP contribution is -2.48. The summed E-state index contributed by atoms with van der Waals surface area (Å²) in [5.41, 5.74) is 1.29. The number of halogens is 1. The molecule has 5 heteroatoms. The summed E-state index contributed by atoms with van der Waals surface area (Å²) in [7, 11) is 0. The maximum atomic E-state index is 10.3. The molecule has 1 fully saturated rings. The van der Waals surface area contributed by atoms with Crippen molar-refractivity contribution in [1.29, 1.82) is 0 Å². The van der Waals surface area contributed by atoms with Gasteiger partial charge >= 0.3 is 0 Å². The Balaban J connectivity index is 1.41. The standard InChI is InChI=1S/C19H23ClN2OS/c20-16-5-4-8-19(13-16)24-15-18(23)14-21-9-11-22(12-10-21)17-6-2-1-3-7-17/h1-8,13,18,23H,9-12,14-15H2/t18-/m0/s1. The molecule has 0 radical (unpaired) electrons. The number of aliphatic hydroxyl groups is 1. The maximum Gasteiger partial charge on any atom is 0.0760 e. The fraction of sp³-hybridized carbons (Fsp3) is 0.368. The van der Waals surface area contributed by atoms with Crippen LogP contribution in [-0.4, -0.2) is 54.6 Å². The van der Waals surface area contributed by atoms with Gasteiger partial charge in [0.15, 0.2) is 0 Å². The van der Waals surface area contributed by atoms with Gasteiger partial charge in [-0.2, -0.15) is 0 Å². The van der Waals surface area contributed by atoms with E-state index in [0.717, 1.165) is 42.6 Å². The molecule has 0 unspecified atom stereocenters. The van der Waals surface area contributed by atoms with Gasteiger partial charge in [-0.1, -0.05) is 35.9 Å². The lowest BCUT2D eigenvalue weighted by atomic mass is 10.2. The third-order valence-electron chi connectivity index (χ3n) is 4.20. The van der Waals surface area contributed by atoms with Crippen molar-refractivity contribution in [2.24, 2.45) is 0 Å². The summed E-state index contributed by atoms with van der Waals surface area (Å²) in [6, 6.07) is 18.3. The van der Waals surface area contributed by atoms with Crippen molar-refractivity contribution in [2.45, 2.75) is 11.0 Å².